The van der Waals surface area contributed by atoms with Gasteiger partial charge < -0.3 is 4.90 Å². The molecule has 0 aliphatic carbocycles. The quantitative estimate of drug-likeness (QED) is 0.723. The lowest BCUT2D eigenvalue weighted by atomic mass is 10.2. The minimum atomic E-state index is -0.158. The number of benzene rings is 1. The molecule has 3 aromatic rings. The number of amides is 1. The van der Waals surface area contributed by atoms with Gasteiger partial charge in [-0.15, -0.1) is 0 Å². The highest BCUT2D eigenvalue weighted by Crippen LogP contribution is 2.07. The van der Waals surface area contributed by atoms with Crippen molar-refractivity contribution in [3.63, 3.8) is 0 Å². The molecule has 2 heterocycles. The summed E-state index contributed by atoms with van der Waals surface area (Å²) in [6.45, 7) is 1.19. The standard InChI is InChI=1S/C17H17N5O/c1-21(17(23)16-10-18-7-8-19-16)11-15-9-20-22(13-15)12-14-5-3-2-4-6-14/h2-10,13H,11-12H2,1H3. The molecule has 0 radical (unpaired) electrons. The van der Waals surface area contributed by atoms with E-state index >= 15 is 0 Å². The van der Waals surface area contributed by atoms with Gasteiger partial charge in [0.2, 0.25) is 0 Å². The second-order valence-electron chi connectivity index (χ2n) is 5.28. The number of hydrogen-bond donors (Lipinski definition) is 0. The van der Waals surface area contributed by atoms with Crippen LogP contribution in [-0.4, -0.2) is 37.6 Å². The van der Waals surface area contributed by atoms with Crippen molar-refractivity contribution in [2.75, 3.05) is 7.05 Å². The average molecular weight is 307 g/mol. The van der Waals surface area contributed by atoms with E-state index in [-0.39, 0.29) is 5.91 Å². The maximum absolute atomic E-state index is 12.2. The summed E-state index contributed by atoms with van der Waals surface area (Å²) >= 11 is 0. The lowest BCUT2D eigenvalue weighted by molar-refractivity contribution is 0.0779. The Morgan fingerprint density at radius 2 is 1.96 bits per heavy atom. The molecule has 0 N–H and O–H groups in total. The highest BCUT2D eigenvalue weighted by atomic mass is 16.2. The lowest BCUT2D eigenvalue weighted by Crippen LogP contribution is -2.26. The summed E-state index contributed by atoms with van der Waals surface area (Å²) in [5.41, 5.74) is 2.50. The van der Waals surface area contributed by atoms with Crippen LogP contribution in [-0.2, 0) is 13.1 Å². The Balaban J connectivity index is 1.63. The molecule has 1 aromatic carbocycles. The summed E-state index contributed by atoms with van der Waals surface area (Å²) in [6.07, 6.45) is 8.26. The first kappa shape index (κ1) is 14.9. The molecule has 0 unspecified atom stereocenters. The summed E-state index contributed by atoms with van der Waals surface area (Å²) < 4.78 is 1.87. The van der Waals surface area contributed by atoms with Gasteiger partial charge in [-0.25, -0.2) is 4.98 Å². The van der Waals surface area contributed by atoms with E-state index in [1.165, 1.54) is 18.0 Å². The Bertz CT molecular complexity index is 770. The molecule has 0 aliphatic rings. The minimum absolute atomic E-state index is 0.158. The SMILES string of the molecule is CN(Cc1cnn(Cc2ccccc2)c1)C(=O)c1cnccn1. The van der Waals surface area contributed by atoms with Gasteiger partial charge >= 0.3 is 0 Å². The molecule has 0 bridgehead atoms. The Kier molecular flexibility index (Phi) is 4.42. The van der Waals surface area contributed by atoms with Gasteiger partial charge in [-0.2, -0.15) is 5.10 Å². The average Bonchev–Trinajstić information content (AvgIpc) is 3.02. The maximum Gasteiger partial charge on any atom is 0.274 e. The van der Waals surface area contributed by atoms with Crippen LogP contribution in [0.1, 0.15) is 21.6 Å². The van der Waals surface area contributed by atoms with Gasteiger partial charge in [-0.3, -0.25) is 14.5 Å². The first-order chi connectivity index (χ1) is 11.2. The van der Waals surface area contributed by atoms with Crippen LogP contribution in [0.2, 0.25) is 0 Å². The van der Waals surface area contributed by atoms with Crippen molar-refractivity contribution in [3.05, 3.63) is 78.1 Å². The van der Waals surface area contributed by atoms with Crippen LogP contribution in [0.5, 0.6) is 0 Å². The molecule has 0 aliphatic heterocycles. The summed E-state index contributed by atoms with van der Waals surface area (Å²) in [7, 11) is 1.74. The van der Waals surface area contributed by atoms with E-state index < -0.39 is 0 Å². The summed E-state index contributed by atoms with van der Waals surface area (Å²) in [5, 5.41) is 4.35. The van der Waals surface area contributed by atoms with Crippen molar-refractivity contribution in [1.82, 2.24) is 24.6 Å². The number of carbonyl (C=O) groups is 1. The zero-order chi connectivity index (χ0) is 16.1. The van der Waals surface area contributed by atoms with E-state index in [1.54, 1.807) is 24.3 Å². The largest absolute Gasteiger partial charge is 0.336 e. The number of nitrogens with zero attached hydrogens (tertiary/aromatic N) is 5. The van der Waals surface area contributed by atoms with Gasteiger partial charge in [0, 0.05) is 37.7 Å². The number of aromatic nitrogens is 4. The molecule has 2 aromatic heterocycles. The van der Waals surface area contributed by atoms with E-state index in [4.69, 9.17) is 0 Å². The van der Waals surface area contributed by atoms with E-state index in [0.29, 0.717) is 18.8 Å². The molecule has 23 heavy (non-hydrogen) atoms. The van der Waals surface area contributed by atoms with E-state index in [9.17, 15) is 4.79 Å². The maximum atomic E-state index is 12.2. The Labute approximate surface area is 134 Å². The fraction of sp³-hybridized carbons (Fsp3) is 0.176. The summed E-state index contributed by atoms with van der Waals surface area (Å²) in [6, 6.07) is 10.1. The predicted octanol–water partition coefficient (Wildman–Crippen LogP) is 1.99. The third-order valence-electron chi connectivity index (χ3n) is 3.42. The van der Waals surface area contributed by atoms with Gasteiger partial charge in [0.25, 0.3) is 5.91 Å². The zero-order valence-electron chi connectivity index (χ0n) is 12.8. The van der Waals surface area contributed by atoms with Crippen LogP contribution in [0.3, 0.4) is 0 Å². The molecule has 1 amide bonds. The first-order valence-electron chi connectivity index (χ1n) is 7.29. The molecule has 0 spiro atoms. The fourth-order valence-corrected chi connectivity index (χ4v) is 2.30. The first-order valence-corrected chi connectivity index (χ1v) is 7.29. The van der Waals surface area contributed by atoms with Crippen molar-refractivity contribution in [2.24, 2.45) is 0 Å². The number of hydrogen-bond acceptors (Lipinski definition) is 4. The minimum Gasteiger partial charge on any atom is -0.336 e. The summed E-state index contributed by atoms with van der Waals surface area (Å²) in [4.78, 5) is 21.8. The number of rotatable bonds is 5. The zero-order valence-corrected chi connectivity index (χ0v) is 12.8. The van der Waals surface area contributed by atoms with Crippen molar-refractivity contribution in [1.29, 1.82) is 0 Å². The Morgan fingerprint density at radius 3 is 2.70 bits per heavy atom. The molecule has 6 heteroatoms. The van der Waals surface area contributed by atoms with E-state index in [2.05, 4.69) is 27.2 Å². The topological polar surface area (TPSA) is 63.9 Å². The highest BCUT2D eigenvalue weighted by Gasteiger charge is 2.14. The molecular weight excluding hydrogens is 290 g/mol. The van der Waals surface area contributed by atoms with Crippen molar-refractivity contribution < 1.29 is 4.79 Å². The normalized spacial score (nSPS) is 10.5. The van der Waals surface area contributed by atoms with Gasteiger partial charge in [-0.1, -0.05) is 30.3 Å². The molecule has 116 valence electrons. The van der Waals surface area contributed by atoms with E-state index in [1.807, 2.05) is 29.1 Å². The van der Waals surface area contributed by atoms with Gasteiger partial charge in [-0.05, 0) is 5.56 Å². The highest BCUT2D eigenvalue weighted by molar-refractivity contribution is 5.91. The smallest absolute Gasteiger partial charge is 0.274 e. The molecule has 3 rings (SSSR count). The second kappa shape index (κ2) is 6.83. The molecule has 0 saturated heterocycles. The van der Waals surface area contributed by atoms with Crippen LogP contribution >= 0.6 is 0 Å². The third kappa shape index (κ3) is 3.79. The molecule has 0 fully saturated rings. The van der Waals surface area contributed by atoms with Gasteiger partial charge in [0.15, 0.2) is 0 Å². The molecular formula is C17H17N5O. The van der Waals surface area contributed by atoms with Gasteiger partial charge in [0.05, 0.1) is 18.9 Å². The summed E-state index contributed by atoms with van der Waals surface area (Å²) in [5.74, 6) is -0.158. The molecule has 0 atom stereocenters. The van der Waals surface area contributed by atoms with Crippen LogP contribution < -0.4 is 0 Å². The van der Waals surface area contributed by atoms with Crippen LogP contribution in [0.15, 0.2) is 61.3 Å². The van der Waals surface area contributed by atoms with Crippen LogP contribution in [0.25, 0.3) is 0 Å². The van der Waals surface area contributed by atoms with Crippen molar-refractivity contribution >= 4 is 5.91 Å². The van der Waals surface area contributed by atoms with Crippen LogP contribution in [0, 0.1) is 0 Å². The predicted molar refractivity (Wildman–Crippen MR) is 85.6 cm³/mol. The Morgan fingerprint density at radius 1 is 1.13 bits per heavy atom. The van der Waals surface area contributed by atoms with E-state index in [0.717, 1.165) is 5.56 Å². The number of carbonyl (C=O) groups excluding carboxylic acids is 1. The fourth-order valence-electron chi connectivity index (χ4n) is 2.30. The van der Waals surface area contributed by atoms with Crippen molar-refractivity contribution in [3.8, 4) is 0 Å². The van der Waals surface area contributed by atoms with Crippen molar-refractivity contribution in [2.45, 2.75) is 13.1 Å². The second-order valence-corrected chi connectivity index (χ2v) is 5.28. The monoisotopic (exact) mass is 307 g/mol. The third-order valence-corrected chi connectivity index (χ3v) is 3.42. The molecule has 0 saturated carbocycles. The Hall–Kier alpha value is -3.02. The lowest BCUT2D eigenvalue weighted by Gasteiger charge is -2.15. The van der Waals surface area contributed by atoms with Crippen LogP contribution in [0.4, 0.5) is 0 Å². The van der Waals surface area contributed by atoms with Gasteiger partial charge in [0.1, 0.15) is 5.69 Å². The molecule has 6 nitrogen and oxygen atoms in total.